The third-order valence-corrected chi connectivity index (χ3v) is 6.37. The molecule has 0 amide bonds. The van der Waals surface area contributed by atoms with Crippen LogP contribution in [0.15, 0.2) is 30.5 Å². The van der Waals surface area contributed by atoms with Crippen molar-refractivity contribution in [3.63, 3.8) is 0 Å². The van der Waals surface area contributed by atoms with Crippen LogP contribution in [0.4, 0.5) is 4.79 Å². The number of nitrogens with zero attached hydrogens (tertiary/aromatic N) is 2. The van der Waals surface area contributed by atoms with Crippen LogP contribution in [0.25, 0.3) is 0 Å². The Balaban J connectivity index is 1.52. The number of hydrogen-bond acceptors (Lipinski definition) is 9. The van der Waals surface area contributed by atoms with Gasteiger partial charge in [-0.05, 0) is 30.2 Å². The maximum absolute atomic E-state index is 11.4. The number of ether oxygens (including phenoxy) is 4. The Bertz CT molecular complexity index is 1100. The van der Waals surface area contributed by atoms with E-state index in [9.17, 15) is 20.0 Å². The van der Waals surface area contributed by atoms with Gasteiger partial charge in [-0.2, -0.15) is 0 Å². The molecule has 3 aliphatic rings. The summed E-state index contributed by atoms with van der Waals surface area (Å²) in [5.74, 6) is 0. The van der Waals surface area contributed by atoms with E-state index in [0.29, 0.717) is 16.3 Å². The predicted octanol–water partition coefficient (Wildman–Crippen LogP) is 3.14. The fourth-order valence-corrected chi connectivity index (χ4v) is 4.90. The van der Waals surface area contributed by atoms with Crippen LogP contribution in [-0.2, 0) is 30.4 Å². The van der Waals surface area contributed by atoms with E-state index >= 15 is 0 Å². The molecule has 11 nitrogen and oxygen atoms in total. The van der Waals surface area contributed by atoms with Gasteiger partial charge < -0.3 is 28.9 Å². The fraction of sp³-hybridized carbons (Fsp3) is 0.429. The van der Waals surface area contributed by atoms with Gasteiger partial charge in [-0.25, -0.2) is 4.79 Å². The number of aromatic nitrogens is 1. The van der Waals surface area contributed by atoms with Crippen LogP contribution in [0.1, 0.15) is 40.2 Å². The number of pyridine rings is 1. The molecule has 12 heteroatoms. The Labute approximate surface area is 192 Å². The fourth-order valence-electron chi connectivity index (χ4n) is 4.77. The van der Waals surface area contributed by atoms with E-state index in [1.807, 2.05) is 12.1 Å². The molecular weight excluding hydrogens is 460 g/mol. The van der Waals surface area contributed by atoms with E-state index in [2.05, 4.69) is 9.82 Å². The second-order valence-corrected chi connectivity index (χ2v) is 8.41. The number of hydrogen-bond donors (Lipinski definition) is 1. The lowest BCUT2D eigenvalue weighted by Crippen LogP contribution is -2.36. The zero-order chi connectivity index (χ0) is 23.3. The van der Waals surface area contributed by atoms with Crippen molar-refractivity contribution in [3.05, 3.63) is 73.5 Å². The summed E-state index contributed by atoms with van der Waals surface area (Å²) < 4.78 is 22.9. The molecule has 0 saturated carbocycles. The molecule has 3 aliphatic heterocycles. The van der Waals surface area contributed by atoms with Crippen molar-refractivity contribution in [1.82, 2.24) is 4.98 Å². The molecule has 174 valence electrons. The standard InChI is InChI=1S/C21H19ClN2O9/c1-9-15(13-7-29-16(12(13)6-23-9)10-2-4-11(22)5-3-10)18-20(32-21(25)26)19-17(31-18)14(8-30-19)33-24(27)28/h2-6,14,16-20H,7-8H2,1H3,(H,25,26)/t14-,16+,17-,18?,19-,20+/m1/s1. The number of carboxylic acid groups (broad SMARTS) is 1. The van der Waals surface area contributed by atoms with Crippen molar-refractivity contribution < 1.29 is 38.8 Å². The van der Waals surface area contributed by atoms with Crippen LogP contribution in [0.3, 0.4) is 0 Å². The maximum Gasteiger partial charge on any atom is 0.506 e. The predicted molar refractivity (Wildman–Crippen MR) is 109 cm³/mol. The van der Waals surface area contributed by atoms with Gasteiger partial charge in [-0.3, -0.25) is 4.98 Å². The van der Waals surface area contributed by atoms with Crippen molar-refractivity contribution in [1.29, 1.82) is 0 Å². The summed E-state index contributed by atoms with van der Waals surface area (Å²) in [5.41, 5.74) is 3.72. The molecule has 5 rings (SSSR count). The van der Waals surface area contributed by atoms with Gasteiger partial charge in [0.05, 0.1) is 13.2 Å². The monoisotopic (exact) mass is 478 g/mol. The molecule has 2 saturated heterocycles. The molecule has 1 aromatic carbocycles. The molecule has 1 N–H and O–H groups in total. The van der Waals surface area contributed by atoms with Crippen LogP contribution < -0.4 is 0 Å². The van der Waals surface area contributed by atoms with E-state index in [-0.39, 0.29) is 19.3 Å². The van der Waals surface area contributed by atoms with Crippen LogP contribution in [0.2, 0.25) is 5.02 Å². The molecule has 0 bridgehead atoms. The zero-order valence-electron chi connectivity index (χ0n) is 17.3. The van der Waals surface area contributed by atoms with Gasteiger partial charge >= 0.3 is 6.16 Å². The maximum atomic E-state index is 11.4. The molecule has 1 unspecified atom stereocenters. The first-order chi connectivity index (χ1) is 15.8. The SMILES string of the molecule is Cc1ncc2c(c1C1O[C@H]3[C@@H](OC[C@H]3O[N+](=O)[O-])[C@H]1OC(=O)O)CO[C@H]2c1ccc(Cl)cc1. The highest BCUT2D eigenvalue weighted by atomic mass is 35.5. The van der Waals surface area contributed by atoms with Crippen molar-refractivity contribution in [2.24, 2.45) is 0 Å². The minimum absolute atomic E-state index is 0.117. The first-order valence-corrected chi connectivity index (χ1v) is 10.5. The third kappa shape index (κ3) is 3.86. The molecule has 2 fully saturated rings. The third-order valence-electron chi connectivity index (χ3n) is 6.12. The molecule has 0 radical (unpaired) electrons. The zero-order valence-corrected chi connectivity index (χ0v) is 18.0. The molecule has 0 spiro atoms. The molecule has 33 heavy (non-hydrogen) atoms. The summed E-state index contributed by atoms with van der Waals surface area (Å²) in [6.45, 7) is 1.90. The van der Waals surface area contributed by atoms with Gasteiger partial charge in [-0.1, -0.05) is 23.7 Å². The average molecular weight is 479 g/mol. The molecule has 1 aromatic heterocycles. The minimum Gasteiger partial charge on any atom is -0.450 e. The Hall–Kier alpha value is -2.99. The van der Waals surface area contributed by atoms with Crippen LogP contribution in [0.5, 0.6) is 0 Å². The van der Waals surface area contributed by atoms with E-state index in [1.165, 1.54) is 0 Å². The second kappa shape index (κ2) is 8.41. The van der Waals surface area contributed by atoms with Crippen molar-refractivity contribution in [2.45, 2.75) is 50.2 Å². The summed E-state index contributed by atoms with van der Waals surface area (Å²) in [5, 5.41) is 19.9. The highest BCUT2D eigenvalue weighted by molar-refractivity contribution is 6.30. The highest BCUT2D eigenvalue weighted by Crippen LogP contribution is 2.47. The van der Waals surface area contributed by atoms with Crippen molar-refractivity contribution in [3.8, 4) is 0 Å². The minimum atomic E-state index is -1.51. The smallest absolute Gasteiger partial charge is 0.450 e. The summed E-state index contributed by atoms with van der Waals surface area (Å²) in [7, 11) is 0. The van der Waals surface area contributed by atoms with Gasteiger partial charge in [0.1, 0.15) is 24.4 Å². The Morgan fingerprint density at radius 1 is 1.27 bits per heavy atom. The molecule has 2 aromatic rings. The first kappa shape index (κ1) is 21.8. The Kier molecular flexibility index (Phi) is 5.57. The number of aryl methyl sites for hydroxylation is 1. The molecule has 4 heterocycles. The van der Waals surface area contributed by atoms with Crippen LogP contribution in [-0.4, -0.2) is 52.4 Å². The Morgan fingerprint density at radius 3 is 2.73 bits per heavy atom. The number of fused-ring (bicyclic) bond motifs is 2. The number of rotatable bonds is 5. The van der Waals surface area contributed by atoms with E-state index in [4.69, 9.17) is 30.5 Å². The topological polar surface area (TPSA) is 139 Å². The van der Waals surface area contributed by atoms with Crippen LogP contribution >= 0.6 is 11.6 Å². The largest absolute Gasteiger partial charge is 0.506 e. The lowest BCUT2D eigenvalue weighted by Gasteiger charge is -2.24. The van der Waals surface area contributed by atoms with Crippen molar-refractivity contribution in [2.75, 3.05) is 6.61 Å². The summed E-state index contributed by atoms with van der Waals surface area (Å²) >= 11 is 6.00. The number of carbonyl (C=O) groups is 1. The van der Waals surface area contributed by atoms with Gasteiger partial charge in [0.25, 0.3) is 5.09 Å². The molecular formula is C21H19ClN2O9. The van der Waals surface area contributed by atoms with Gasteiger partial charge in [0.2, 0.25) is 0 Å². The van der Waals surface area contributed by atoms with E-state index < -0.39 is 41.8 Å². The van der Waals surface area contributed by atoms with Crippen molar-refractivity contribution >= 4 is 17.8 Å². The van der Waals surface area contributed by atoms with Gasteiger partial charge in [0.15, 0.2) is 12.2 Å². The number of halogens is 1. The van der Waals surface area contributed by atoms with E-state index in [0.717, 1.165) is 16.7 Å². The summed E-state index contributed by atoms with van der Waals surface area (Å²) in [6.07, 6.45) is -4.87. The highest BCUT2D eigenvalue weighted by Gasteiger charge is 2.57. The number of benzene rings is 1. The average Bonchev–Trinajstić information content (AvgIpc) is 3.44. The normalized spacial score (nSPS) is 30.0. The second-order valence-electron chi connectivity index (χ2n) is 7.97. The van der Waals surface area contributed by atoms with Gasteiger partial charge in [0, 0.05) is 28.0 Å². The van der Waals surface area contributed by atoms with E-state index in [1.54, 1.807) is 25.3 Å². The first-order valence-electron chi connectivity index (χ1n) is 10.2. The van der Waals surface area contributed by atoms with Crippen LogP contribution in [0, 0.1) is 17.0 Å². The summed E-state index contributed by atoms with van der Waals surface area (Å²) in [6, 6.07) is 7.26. The quantitative estimate of drug-likeness (QED) is 0.387. The van der Waals surface area contributed by atoms with Gasteiger partial charge in [-0.15, -0.1) is 10.1 Å². The lowest BCUT2D eigenvalue weighted by atomic mass is 9.92. The molecule has 0 aliphatic carbocycles. The Morgan fingerprint density at radius 2 is 2.03 bits per heavy atom. The lowest BCUT2D eigenvalue weighted by molar-refractivity contribution is -0.769. The summed E-state index contributed by atoms with van der Waals surface area (Å²) in [4.78, 5) is 31.5. The molecule has 6 atom stereocenters.